The first-order chi connectivity index (χ1) is 16.7. The van der Waals surface area contributed by atoms with Crippen molar-refractivity contribution in [1.29, 1.82) is 0 Å². The summed E-state index contributed by atoms with van der Waals surface area (Å²) in [6, 6.07) is 13.4. The summed E-state index contributed by atoms with van der Waals surface area (Å²) >= 11 is 0. The van der Waals surface area contributed by atoms with Gasteiger partial charge in [-0.05, 0) is 35.6 Å². The summed E-state index contributed by atoms with van der Waals surface area (Å²) in [4.78, 5) is 23.6. The topological polar surface area (TPSA) is 130 Å². The molecule has 0 spiro atoms. The Bertz CT molecular complexity index is 1170. The second kappa shape index (κ2) is 12.3. The van der Waals surface area contributed by atoms with Crippen LogP contribution in [0.1, 0.15) is 23.1 Å². The zero-order valence-electron chi connectivity index (χ0n) is 19.3. The minimum Gasteiger partial charge on any atom is -0.475 e. The normalized spacial score (nSPS) is 16.4. The van der Waals surface area contributed by atoms with Gasteiger partial charge in [0.25, 0.3) is 0 Å². The quantitative estimate of drug-likeness (QED) is 0.468. The monoisotopic (exact) mass is 533 g/mol. The maximum absolute atomic E-state index is 13.9. The van der Waals surface area contributed by atoms with E-state index < -0.39 is 28.2 Å². The van der Waals surface area contributed by atoms with Crippen LogP contribution in [0.15, 0.2) is 48.5 Å². The van der Waals surface area contributed by atoms with Gasteiger partial charge < -0.3 is 15.7 Å². The molecule has 2 aromatic carbocycles. The molecule has 4 N–H and O–H groups in total. The summed E-state index contributed by atoms with van der Waals surface area (Å²) in [7, 11) is -3.37. The molecule has 0 saturated carbocycles. The molecule has 2 aromatic rings. The number of nitrogens with two attached hydrogens (primary N) is 1. The lowest BCUT2D eigenvalue weighted by atomic mass is 9.93. The number of benzene rings is 2. The molecule has 1 amide bonds. The molecule has 0 unspecified atom stereocenters. The molecule has 0 saturated heterocycles. The molecule has 1 heterocycles. The molecule has 0 fully saturated rings. The highest BCUT2D eigenvalue weighted by molar-refractivity contribution is 7.88. The van der Waals surface area contributed by atoms with Gasteiger partial charge in [0, 0.05) is 31.6 Å². The average molecular weight is 534 g/mol. The molecule has 0 radical (unpaired) electrons. The highest BCUT2D eigenvalue weighted by atomic mass is 32.2. The van der Waals surface area contributed by atoms with Crippen LogP contribution >= 0.6 is 0 Å². The number of amides is 1. The van der Waals surface area contributed by atoms with Crippen LogP contribution in [0.3, 0.4) is 0 Å². The van der Waals surface area contributed by atoms with E-state index in [-0.39, 0.29) is 37.2 Å². The van der Waals surface area contributed by atoms with Crippen molar-refractivity contribution in [3.63, 3.8) is 0 Å². The number of nitrogens with one attached hydrogen (secondary N) is 1. The summed E-state index contributed by atoms with van der Waals surface area (Å²) < 4.78 is 71.2. The number of hydrogen-bond acceptors (Lipinski definition) is 5. The second-order valence-corrected chi connectivity index (χ2v) is 10.2. The van der Waals surface area contributed by atoms with Gasteiger partial charge >= 0.3 is 12.1 Å². The van der Waals surface area contributed by atoms with Crippen molar-refractivity contribution < 1.29 is 40.7 Å². The van der Waals surface area contributed by atoms with E-state index >= 15 is 0 Å². The molecule has 1 aliphatic heterocycles. The van der Waals surface area contributed by atoms with Crippen molar-refractivity contribution >= 4 is 21.9 Å². The Balaban J connectivity index is 0.000000572. The summed E-state index contributed by atoms with van der Waals surface area (Å²) in [5, 5.41) is 7.12. The smallest absolute Gasteiger partial charge is 0.475 e. The number of halogens is 4. The minimum atomic E-state index is -5.08. The van der Waals surface area contributed by atoms with Crippen LogP contribution in [0.25, 0.3) is 0 Å². The molecule has 13 heteroatoms. The first kappa shape index (κ1) is 29.2. The molecule has 0 bridgehead atoms. The zero-order valence-corrected chi connectivity index (χ0v) is 20.2. The van der Waals surface area contributed by atoms with Crippen molar-refractivity contribution in [2.24, 2.45) is 5.73 Å². The lowest BCUT2D eigenvalue weighted by Gasteiger charge is -2.37. The Kier molecular flexibility index (Phi) is 9.96. The van der Waals surface area contributed by atoms with Crippen molar-refractivity contribution in [1.82, 2.24) is 9.62 Å². The summed E-state index contributed by atoms with van der Waals surface area (Å²) in [5.74, 6) is -3.26. The number of carbonyl (C=O) groups is 2. The lowest BCUT2D eigenvalue weighted by Crippen LogP contribution is -2.51. The minimum absolute atomic E-state index is 0.0614. The molecule has 198 valence electrons. The third-order valence-electron chi connectivity index (χ3n) is 5.38. The maximum Gasteiger partial charge on any atom is 0.490 e. The molecule has 0 aromatic heterocycles. The third-order valence-corrected chi connectivity index (χ3v) is 6.07. The second-order valence-electron chi connectivity index (χ2n) is 8.33. The SMILES string of the molecule is CS(=O)(=O)NC[C@@H]1Cc2ccccc2CN1C(=O)C[C@H](N)Cc1ccccc1F.O=C(O)C(F)(F)F. The number of fused-ring (bicyclic) bond motifs is 1. The molecule has 1 aliphatic rings. The number of hydrogen-bond donors (Lipinski definition) is 3. The van der Waals surface area contributed by atoms with Crippen molar-refractivity contribution in [3.05, 3.63) is 71.0 Å². The Morgan fingerprint density at radius 3 is 2.25 bits per heavy atom. The van der Waals surface area contributed by atoms with Crippen LogP contribution in [0.2, 0.25) is 0 Å². The number of carboxylic acids is 1. The van der Waals surface area contributed by atoms with E-state index in [1.807, 2.05) is 24.3 Å². The summed E-state index contributed by atoms with van der Waals surface area (Å²) in [5.41, 5.74) is 8.76. The number of rotatable bonds is 7. The van der Waals surface area contributed by atoms with Crippen LogP contribution in [0.5, 0.6) is 0 Å². The molecular formula is C23H27F4N3O5S. The predicted molar refractivity (Wildman–Crippen MR) is 124 cm³/mol. The van der Waals surface area contributed by atoms with E-state index in [0.717, 1.165) is 17.4 Å². The first-order valence-corrected chi connectivity index (χ1v) is 12.7. The maximum atomic E-state index is 13.9. The Labute approximate surface area is 206 Å². The van der Waals surface area contributed by atoms with E-state index in [9.17, 15) is 30.8 Å². The lowest BCUT2D eigenvalue weighted by molar-refractivity contribution is -0.192. The largest absolute Gasteiger partial charge is 0.490 e. The summed E-state index contributed by atoms with van der Waals surface area (Å²) in [6.45, 7) is 0.541. The van der Waals surface area contributed by atoms with E-state index in [0.29, 0.717) is 18.5 Å². The molecule has 8 nitrogen and oxygen atoms in total. The number of sulfonamides is 1. The Morgan fingerprint density at radius 1 is 1.14 bits per heavy atom. The molecule has 2 atom stereocenters. The van der Waals surface area contributed by atoms with E-state index in [1.165, 1.54) is 6.07 Å². The van der Waals surface area contributed by atoms with Crippen molar-refractivity contribution in [2.75, 3.05) is 12.8 Å². The molecular weight excluding hydrogens is 506 g/mol. The zero-order chi connectivity index (χ0) is 27.1. The molecule has 36 heavy (non-hydrogen) atoms. The number of carboxylic acid groups (broad SMARTS) is 1. The number of alkyl halides is 3. The fourth-order valence-electron chi connectivity index (χ4n) is 3.67. The van der Waals surface area contributed by atoms with Gasteiger partial charge in [-0.1, -0.05) is 42.5 Å². The van der Waals surface area contributed by atoms with Gasteiger partial charge in [-0.3, -0.25) is 4.79 Å². The fraction of sp³-hybridized carbons (Fsp3) is 0.391. The van der Waals surface area contributed by atoms with Gasteiger partial charge in [0.2, 0.25) is 15.9 Å². The van der Waals surface area contributed by atoms with E-state index in [4.69, 9.17) is 15.6 Å². The third kappa shape index (κ3) is 9.21. The van der Waals surface area contributed by atoms with E-state index in [1.54, 1.807) is 23.1 Å². The van der Waals surface area contributed by atoms with Crippen LogP contribution in [0, 0.1) is 5.82 Å². The molecule has 3 rings (SSSR count). The first-order valence-electron chi connectivity index (χ1n) is 10.8. The molecule has 0 aliphatic carbocycles. The number of nitrogens with zero attached hydrogens (tertiary/aromatic N) is 1. The fourth-order valence-corrected chi connectivity index (χ4v) is 4.16. The van der Waals surface area contributed by atoms with E-state index in [2.05, 4.69) is 4.72 Å². The highest BCUT2D eigenvalue weighted by Gasteiger charge is 2.38. The van der Waals surface area contributed by atoms with Crippen LogP contribution in [-0.2, 0) is 39.0 Å². The van der Waals surface area contributed by atoms with Gasteiger partial charge in [0.1, 0.15) is 5.82 Å². The van der Waals surface area contributed by atoms with Gasteiger partial charge in [-0.15, -0.1) is 0 Å². The van der Waals surface area contributed by atoms with Crippen molar-refractivity contribution in [3.8, 4) is 0 Å². The van der Waals surface area contributed by atoms with Crippen LogP contribution in [-0.4, -0.2) is 61.4 Å². The predicted octanol–water partition coefficient (Wildman–Crippen LogP) is 2.22. The van der Waals surface area contributed by atoms with Crippen LogP contribution < -0.4 is 10.5 Å². The van der Waals surface area contributed by atoms with Crippen molar-refractivity contribution in [2.45, 2.75) is 44.1 Å². The highest BCUT2D eigenvalue weighted by Crippen LogP contribution is 2.24. The Morgan fingerprint density at radius 2 is 1.69 bits per heavy atom. The van der Waals surface area contributed by atoms with Gasteiger partial charge in [0.15, 0.2) is 0 Å². The summed E-state index contributed by atoms with van der Waals surface area (Å²) in [6.07, 6.45) is -3.10. The Hall–Kier alpha value is -3.03. The van der Waals surface area contributed by atoms with Gasteiger partial charge in [0.05, 0.1) is 6.26 Å². The average Bonchev–Trinajstić information content (AvgIpc) is 2.77. The van der Waals surface area contributed by atoms with Crippen LogP contribution in [0.4, 0.5) is 17.6 Å². The number of carbonyl (C=O) groups excluding carboxylic acids is 1. The number of aliphatic carboxylic acids is 1. The van der Waals surface area contributed by atoms with Gasteiger partial charge in [-0.2, -0.15) is 13.2 Å². The van der Waals surface area contributed by atoms with Gasteiger partial charge in [-0.25, -0.2) is 22.3 Å². The standard InChI is InChI=1S/C21H26FN3O3S.C2HF3O2/c1-29(27,28)24-13-19-11-15-6-2-3-8-17(15)14-25(19)21(26)12-18(23)10-16-7-4-5-9-20(16)22;3-2(4,5)1(6)7/h2-9,18-19,24H,10-14,23H2,1H3;(H,6,7)/t18-,19+;/m1./s1.